The van der Waals surface area contributed by atoms with Crippen LogP contribution in [0.2, 0.25) is 0 Å². The SMILES string of the molecule is Cc1nn(C)cc1C(C)C1CCNCC1. The molecule has 3 heteroatoms. The van der Waals surface area contributed by atoms with Crippen molar-refractivity contribution in [1.29, 1.82) is 0 Å². The molecule has 1 N–H and O–H groups in total. The van der Waals surface area contributed by atoms with Crippen molar-refractivity contribution in [2.24, 2.45) is 13.0 Å². The van der Waals surface area contributed by atoms with E-state index in [0.717, 1.165) is 5.92 Å². The third-order valence-electron chi connectivity index (χ3n) is 3.63. The summed E-state index contributed by atoms with van der Waals surface area (Å²) in [6.45, 7) is 6.82. The lowest BCUT2D eigenvalue weighted by Crippen LogP contribution is -2.30. The summed E-state index contributed by atoms with van der Waals surface area (Å²) in [5.41, 5.74) is 2.63. The molecular formula is C12H21N3. The number of nitrogens with zero attached hydrogens (tertiary/aromatic N) is 2. The predicted molar refractivity (Wildman–Crippen MR) is 62.0 cm³/mol. The van der Waals surface area contributed by atoms with E-state index in [1.54, 1.807) is 0 Å². The standard InChI is InChI=1S/C12H21N3/c1-9(11-4-6-13-7-5-11)12-8-15(3)14-10(12)2/h8-9,11,13H,4-7H2,1-3H3. The van der Waals surface area contributed by atoms with Crippen LogP contribution in [0, 0.1) is 12.8 Å². The molecule has 0 radical (unpaired) electrons. The zero-order valence-corrected chi connectivity index (χ0v) is 9.95. The van der Waals surface area contributed by atoms with Crippen molar-refractivity contribution in [3.8, 4) is 0 Å². The molecule has 0 aliphatic carbocycles. The summed E-state index contributed by atoms with van der Waals surface area (Å²) in [4.78, 5) is 0. The average molecular weight is 207 g/mol. The minimum absolute atomic E-state index is 0.654. The quantitative estimate of drug-likeness (QED) is 0.802. The van der Waals surface area contributed by atoms with Gasteiger partial charge in [0, 0.05) is 13.2 Å². The van der Waals surface area contributed by atoms with Gasteiger partial charge in [0.1, 0.15) is 0 Å². The van der Waals surface area contributed by atoms with Gasteiger partial charge in [-0.2, -0.15) is 5.10 Å². The molecule has 1 unspecified atom stereocenters. The van der Waals surface area contributed by atoms with Gasteiger partial charge < -0.3 is 5.32 Å². The Bertz CT molecular complexity index is 324. The van der Waals surface area contributed by atoms with Gasteiger partial charge in [0.15, 0.2) is 0 Å². The van der Waals surface area contributed by atoms with E-state index in [0.29, 0.717) is 5.92 Å². The van der Waals surface area contributed by atoms with Crippen LogP contribution in [-0.2, 0) is 7.05 Å². The van der Waals surface area contributed by atoms with Crippen molar-refractivity contribution in [3.05, 3.63) is 17.5 Å². The molecule has 15 heavy (non-hydrogen) atoms. The Hall–Kier alpha value is -0.830. The van der Waals surface area contributed by atoms with Gasteiger partial charge >= 0.3 is 0 Å². The number of nitrogens with one attached hydrogen (secondary N) is 1. The van der Waals surface area contributed by atoms with E-state index in [4.69, 9.17) is 0 Å². The van der Waals surface area contributed by atoms with Crippen molar-refractivity contribution in [2.75, 3.05) is 13.1 Å². The topological polar surface area (TPSA) is 29.9 Å². The summed E-state index contributed by atoms with van der Waals surface area (Å²) < 4.78 is 1.93. The molecule has 0 bridgehead atoms. The smallest absolute Gasteiger partial charge is 0.0628 e. The second-order valence-corrected chi connectivity index (χ2v) is 4.72. The first-order valence-corrected chi connectivity index (χ1v) is 5.89. The second kappa shape index (κ2) is 4.35. The first-order chi connectivity index (χ1) is 7.18. The van der Waals surface area contributed by atoms with Gasteiger partial charge in [0.05, 0.1) is 5.69 Å². The highest BCUT2D eigenvalue weighted by Gasteiger charge is 2.23. The Morgan fingerprint density at radius 3 is 2.67 bits per heavy atom. The van der Waals surface area contributed by atoms with Crippen molar-refractivity contribution in [3.63, 3.8) is 0 Å². The summed E-state index contributed by atoms with van der Waals surface area (Å²) in [6, 6.07) is 0. The van der Waals surface area contributed by atoms with E-state index in [1.165, 1.54) is 37.2 Å². The molecule has 3 nitrogen and oxygen atoms in total. The Morgan fingerprint density at radius 2 is 2.13 bits per heavy atom. The largest absolute Gasteiger partial charge is 0.317 e. The highest BCUT2D eigenvalue weighted by atomic mass is 15.2. The Morgan fingerprint density at radius 1 is 1.47 bits per heavy atom. The first-order valence-electron chi connectivity index (χ1n) is 5.89. The Balaban J connectivity index is 2.12. The van der Waals surface area contributed by atoms with Gasteiger partial charge in [-0.15, -0.1) is 0 Å². The van der Waals surface area contributed by atoms with Gasteiger partial charge in [-0.05, 0) is 50.3 Å². The molecule has 1 aromatic rings. The van der Waals surface area contributed by atoms with E-state index in [-0.39, 0.29) is 0 Å². The monoisotopic (exact) mass is 207 g/mol. The van der Waals surface area contributed by atoms with Crippen molar-refractivity contribution in [2.45, 2.75) is 32.6 Å². The molecule has 1 fully saturated rings. The number of hydrogen-bond donors (Lipinski definition) is 1. The van der Waals surface area contributed by atoms with Crippen molar-refractivity contribution >= 4 is 0 Å². The molecule has 0 saturated carbocycles. The molecule has 0 amide bonds. The molecular weight excluding hydrogens is 186 g/mol. The second-order valence-electron chi connectivity index (χ2n) is 4.72. The van der Waals surface area contributed by atoms with Gasteiger partial charge in [-0.25, -0.2) is 0 Å². The fourth-order valence-electron chi connectivity index (χ4n) is 2.66. The maximum absolute atomic E-state index is 4.43. The van der Waals surface area contributed by atoms with Crippen LogP contribution in [0.25, 0.3) is 0 Å². The average Bonchev–Trinajstić information content (AvgIpc) is 2.58. The highest BCUT2D eigenvalue weighted by molar-refractivity contribution is 5.21. The molecule has 1 aliphatic heterocycles. The van der Waals surface area contributed by atoms with Crippen molar-refractivity contribution in [1.82, 2.24) is 15.1 Å². The van der Waals surface area contributed by atoms with Gasteiger partial charge in [-0.1, -0.05) is 6.92 Å². The molecule has 2 heterocycles. The van der Waals surface area contributed by atoms with Crippen LogP contribution < -0.4 is 5.32 Å². The van der Waals surface area contributed by atoms with E-state index in [1.807, 2.05) is 11.7 Å². The highest BCUT2D eigenvalue weighted by Crippen LogP contribution is 2.31. The zero-order valence-electron chi connectivity index (χ0n) is 9.95. The minimum atomic E-state index is 0.654. The maximum Gasteiger partial charge on any atom is 0.0628 e. The van der Waals surface area contributed by atoms with Crippen LogP contribution in [0.4, 0.5) is 0 Å². The third kappa shape index (κ3) is 2.23. The van der Waals surface area contributed by atoms with Gasteiger partial charge in [-0.3, -0.25) is 4.68 Å². The molecule has 1 saturated heterocycles. The summed E-state index contributed by atoms with van der Waals surface area (Å²) in [6.07, 6.45) is 4.78. The molecule has 0 spiro atoms. The summed E-state index contributed by atoms with van der Waals surface area (Å²) in [5.74, 6) is 1.48. The minimum Gasteiger partial charge on any atom is -0.317 e. The van der Waals surface area contributed by atoms with Gasteiger partial charge in [0.2, 0.25) is 0 Å². The van der Waals surface area contributed by atoms with Crippen LogP contribution in [0.1, 0.15) is 36.9 Å². The molecule has 0 aromatic carbocycles. The fraction of sp³-hybridized carbons (Fsp3) is 0.750. The first kappa shape index (κ1) is 10.7. The van der Waals surface area contributed by atoms with Crippen LogP contribution in [-0.4, -0.2) is 22.9 Å². The van der Waals surface area contributed by atoms with Crippen LogP contribution in [0.15, 0.2) is 6.20 Å². The summed E-state index contributed by atoms with van der Waals surface area (Å²) >= 11 is 0. The number of piperidine rings is 1. The van der Waals surface area contributed by atoms with Crippen LogP contribution in [0.5, 0.6) is 0 Å². The lowest BCUT2D eigenvalue weighted by molar-refractivity contribution is 0.329. The molecule has 1 aromatic heterocycles. The fourth-order valence-corrected chi connectivity index (χ4v) is 2.66. The Labute approximate surface area is 91.9 Å². The molecule has 2 rings (SSSR count). The summed E-state index contributed by atoms with van der Waals surface area (Å²) in [7, 11) is 2.01. The normalized spacial score (nSPS) is 20.5. The number of rotatable bonds is 2. The van der Waals surface area contributed by atoms with Gasteiger partial charge in [0.25, 0.3) is 0 Å². The molecule has 1 atom stereocenters. The molecule has 84 valence electrons. The van der Waals surface area contributed by atoms with Crippen LogP contribution in [0.3, 0.4) is 0 Å². The number of aromatic nitrogens is 2. The number of aryl methyl sites for hydroxylation is 2. The van der Waals surface area contributed by atoms with E-state index < -0.39 is 0 Å². The lowest BCUT2D eigenvalue weighted by atomic mass is 9.82. The van der Waals surface area contributed by atoms with E-state index in [2.05, 4.69) is 30.5 Å². The van der Waals surface area contributed by atoms with Crippen molar-refractivity contribution < 1.29 is 0 Å². The zero-order chi connectivity index (χ0) is 10.8. The third-order valence-corrected chi connectivity index (χ3v) is 3.63. The Kier molecular flexibility index (Phi) is 3.10. The predicted octanol–water partition coefficient (Wildman–Crippen LogP) is 1.83. The summed E-state index contributed by atoms with van der Waals surface area (Å²) in [5, 5.41) is 7.85. The van der Waals surface area contributed by atoms with E-state index in [9.17, 15) is 0 Å². The lowest BCUT2D eigenvalue weighted by Gasteiger charge is -2.28. The van der Waals surface area contributed by atoms with Crippen LogP contribution >= 0.6 is 0 Å². The van der Waals surface area contributed by atoms with E-state index >= 15 is 0 Å². The molecule has 1 aliphatic rings. The maximum atomic E-state index is 4.43. The number of hydrogen-bond acceptors (Lipinski definition) is 2.